The van der Waals surface area contributed by atoms with Crippen molar-refractivity contribution < 1.29 is 0 Å². The highest BCUT2D eigenvalue weighted by Crippen LogP contribution is 2.43. The molecule has 1 aliphatic carbocycles. The van der Waals surface area contributed by atoms with Crippen LogP contribution in [0.1, 0.15) is 49.0 Å². The van der Waals surface area contributed by atoms with Gasteiger partial charge in [-0.25, -0.2) is 4.98 Å². The van der Waals surface area contributed by atoms with Crippen LogP contribution in [-0.2, 0) is 0 Å². The number of rotatable bonds is 3. The standard InChI is InChI=1S/C20H22N4/c1-2-4-13(5-3-1)17-10-15(11-18(23-17)14-6-7-14)20-22-12-19-16(24-20)8-9-21-19/h1-5,8-9,12,14-15,17-18,23H,6-7,10-11H2,(H,22,24). The molecular formula is C20H22N4. The summed E-state index contributed by atoms with van der Waals surface area (Å²) in [7, 11) is 0. The molecular weight excluding hydrogens is 296 g/mol. The number of aromatic nitrogens is 3. The molecule has 2 fully saturated rings. The number of hydrogen-bond acceptors (Lipinski definition) is 3. The lowest BCUT2D eigenvalue weighted by molar-refractivity contribution is 0.266. The quantitative estimate of drug-likeness (QED) is 0.770. The molecule has 4 nitrogen and oxygen atoms in total. The Morgan fingerprint density at radius 2 is 1.83 bits per heavy atom. The van der Waals surface area contributed by atoms with Crippen LogP contribution >= 0.6 is 0 Å². The molecule has 1 saturated carbocycles. The lowest BCUT2D eigenvalue weighted by Crippen LogP contribution is -2.41. The minimum absolute atomic E-state index is 0.416. The third-order valence-corrected chi connectivity index (χ3v) is 5.57. The third-order valence-electron chi connectivity index (χ3n) is 5.57. The van der Waals surface area contributed by atoms with Crippen LogP contribution in [-0.4, -0.2) is 21.0 Å². The Labute approximate surface area is 142 Å². The average molecular weight is 318 g/mol. The smallest absolute Gasteiger partial charge is 0.109 e. The third kappa shape index (κ3) is 2.61. The second-order valence-electron chi connectivity index (χ2n) is 7.25. The molecule has 24 heavy (non-hydrogen) atoms. The summed E-state index contributed by atoms with van der Waals surface area (Å²) < 4.78 is 0. The maximum Gasteiger partial charge on any atom is 0.109 e. The van der Waals surface area contributed by atoms with E-state index in [0.29, 0.717) is 18.0 Å². The van der Waals surface area contributed by atoms with Gasteiger partial charge in [-0.3, -0.25) is 4.98 Å². The van der Waals surface area contributed by atoms with E-state index < -0.39 is 0 Å². The van der Waals surface area contributed by atoms with Crippen LogP contribution in [0.4, 0.5) is 0 Å². The fourth-order valence-electron chi connectivity index (χ4n) is 4.11. The fraction of sp³-hybridized carbons (Fsp3) is 0.400. The molecule has 3 aliphatic heterocycles. The number of nitrogens with zero attached hydrogens (tertiary/aromatic N) is 2. The minimum Gasteiger partial charge on any atom is -0.342 e. The zero-order valence-corrected chi connectivity index (χ0v) is 13.7. The largest absolute Gasteiger partial charge is 0.342 e. The Morgan fingerprint density at radius 3 is 2.67 bits per heavy atom. The van der Waals surface area contributed by atoms with Crippen LogP contribution < -0.4 is 5.32 Å². The average Bonchev–Trinajstić information content (AvgIpc) is 3.39. The molecule has 0 bridgehead atoms. The Bertz CT molecular complexity index is 792. The summed E-state index contributed by atoms with van der Waals surface area (Å²) in [5.41, 5.74) is 3.44. The zero-order chi connectivity index (χ0) is 15.9. The first-order valence-electron chi connectivity index (χ1n) is 8.97. The van der Waals surface area contributed by atoms with Gasteiger partial charge in [-0.2, -0.15) is 0 Å². The first-order valence-corrected chi connectivity index (χ1v) is 8.97. The van der Waals surface area contributed by atoms with E-state index in [4.69, 9.17) is 4.98 Å². The van der Waals surface area contributed by atoms with Gasteiger partial charge in [-0.15, -0.1) is 0 Å². The van der Waals surface area contributed by atoms with Gasteiger partial charge in [0.2, 0.25) is 0 Å². The first-order chi connectivity index (χ1) is 11.9. The topological polar surface area (TPSA) is 53.6 Å². The van der Waals surface area contributed by atoms with E-state index in [0.717, 1.165) is 29.6 Å². The summed E-state index contributed by atoms with van der Waals surface area (Å²) in [6.45, 7) is 0. The molecule has 0 aromatic heterocycles. The van der Waals surface area contributed by atoms with Gasteiger partial charge in [-0.1, -0.05) is 30.3 Å². The Morgan fingerprint density at radius 1 is 0.958 bits per heavy atom. The second-order valence-corrected chi connectivity index (χ2v) is 7.25. The van der Waals surface area contributed by atoms with Crippen LogP contribution in [0.25, 0.3) is 11.4 Å². The number of H-pyrrole nitrogens is 1. The Kier molecular flexibility index (Phi) is 3.37. The van der Waals surface area contributed by atoms with Crippen molar-refractivity contribution in [2.75, 3.05) is 0 Å². The molecule has 2 N–H and O–H groups in total. The van der Waals surface area contributed by atoms with E-state index in [2.05, 4.69) is 45.6 Å². The predicted molar refractivity (Wildman–Crippen MR) is 93.8 cm³/mol. The minimum atomic E-state index is 0.416. The molecule has 1 aromatic rings. The van der Waals surface area contributed by atoms with Gasteiger partial charge in [0.05, 0.1) is 11.9 Å². The molecule has 3 unspecified atom stereocenters. The molecule has 122 valence electrons. The second kappa shape index (κ2) is 5.71. The van der Waals surface area contributed by atoms with Gasteiger partial charge in [0, 0.05) is 24.2 Å². The van der Waals surface area contributed by atoms with Crippen LogP contribution in [0.3, 0.4) is 0 Å². The van der Waals surface area contributed by atoms with Crippen molar-refractivity contribution in [3.05, 3.63) is 60.2 Å². The van der Waals surface area contributed by atoms with Crippen molar-refractivity contribution >= 4 is 0 Å². The molecule has 1 saturated heterocycles. The van der Waals surface area contributed by atoms with E-state index in [9.17, 15) is 0 Å². The summed E-state index contributed by atoms with van der Waals surface area (Å²) in [6, 6.07) is 13.9. The van der Waals surface area contributed by atoms with Crippen molar-refractivity contribution in [1.82, 2.24) is 20.3 Å². The van der Waals surface area contributed by atoms with Crippen LogP contribution in [0, 0.1) is 5.92 Å². The molecule has 0 amide bonds. The van der Waals surface area contributed by atoms with E-state index in [1.165, 1.54) is 24.8 Å². The lowest BCUT2D eigenvalue weighted by Gasteiger charge is -2.36. The van der Waals surface area contributed by atoms with Crippen molar-refractivity contribution in [1.29, 1.82) is 0 Å². The van der Waals surface area contributed by atoms with E-state index in [1.54, 1.807) is 0 Å². The van der Waals surface area contributed by atoms with Gasteiger partial charge in [0.25, 0.3) is 0 Å². The Balaban J connectivity index is 1.47. The van der Waals surface area contributed by atoms with Gasteiger partial charge < -0.3 is 10.3 Å². The monoisotopic (exact) mass is 318 g/mol. The number of benzene rings is 1. The van der Waals surface area contributed by atoms with Gasteiger partial charge in [-0.05, 0) is 43.2 Å². The highest BCUT2D eigenvalue weighted by atomic mass is 15.0. The van der Waals surface area contributed by atoms with Crippen LogP contribution in [0.5, 0.6) is 0 Å². The van der Waals surface area contributed by atoms with Crippen LogP contribution in [0.15, 0.2) is 48.8 Å². The van der Waals surface area contributed by atoms with Crippen molar-refractivity contribution in [3.63, 3.8) is 0 Å². The molecule has 0 radical (unpaired) electrons. The first kappa shape index (κ1) is 14.2. The van der Waals surface area contributed by atoms with Gasteiger partial charge in [0.1, 0.15) is 11.5 Å². The lowest BCUT2D eigenvalue weighted by atomic mass is 9.83. The normalized spacial score (nSPS) is 27.4. The molecule has 4 heteroatoms. The molecule has 5 rings (SSSR count). The number of nitrogens with one attached hydrogen (secondary N) is 2. The molecule has 4 aliphatic rings. The number of hydrogen-bond donors (Lipinski definition) is 2. The number of fused-ring (bicyclic) bond motifs is 1. The highest BCUT2D eigenvalue weighted by molar-refractivity contribution is 5.54. The highest BCUT2D eigenvalue weighted by Gasteiger charge is 2.39. The maximum atomic E-state index is 4.70. The fourth-order valence-corrected chi connectivity index (χ4v) is 4.11. The predicted octanol–water partition coefficient (Wildman–Crippen LogP) is 3.90. The SMILES string of the molecule is c1ccc(C2CC(c3ncc4nccc-4[nH]3)CC(C3CC3)N2)cc1. The summed E-state index contributed by atoms with van der Waals surface area (Å²) in [5.74, 6) is 2.44. The van der Waals surface area contributed by atoms with E-state index in [-0.39, 0.29) is 0 Å². The summed E-state index contributed by atoms with van der Waals surface area (Å²) >= 11 is 0. The zero-order valence-electron chi connectivity index (χ0n) is 13.7. The molecule has 3 atom stereocenters. The number of piperidine rings is 1. The molecule has 1 aromatic carbocycles. The van der Waals surface area contributed by atoms with E-state index in [1.807, 2.05) is 18.5 Å². The molecule has 0 spiro atoms. The maximum absolute atomic E-state index is 4.70. The molecule has 3 heterocycles. The van der Waals surface area contributed by atoms with Crippen molar-refractivity contribution in [3.8, 4) is 11.4 Å². The van der Waals surface area contributed by atoms with Crippen LogP contribution in [0.2, 0.25) is 0 Å². The number of aromatic amines is 1. The summed E-state index contributed by atoms with van der Waals surface area (Å²) in [4.78, 5) is 12.5. The van der Waals surface area contributed by atoms with Gasteiger partial charge >= 0.3 is 0 Å². The van der Waals surface area contributed by atoms with Crippen molar-refractivity contribution in [2.24, 2.45) is 5.92 Å². The Hall–Kier alpha value is -2.20. The summed E-state index contributed by atoms with van der Waals surface area (Å²) in [6.07, 6.45) is 8.76. The van der Waals surface area contributed by atoms with Gasteiger partial charge in [0.15, 0.2) is 0 Å². The van der Waals surface area contributed by atoms with Crippen molar-refractivity contribution in [2.45, 2.75) is 43.7 Å². The summed E-state index contributed by atoms with van der Waals surface area (Å²) in [5, 5.41) is 3.91. The van der Waals surface area contributed by atoms with E-state index >= 15 is 0 Å².